The molecule has 3 rings (SSSR count). The van der Waals surface area contributed by atoms with Gasteiger partial charge in [0.05, 0.1) is 0 Å². The predicted octanol–water partition coefficient (Wildman–Crippen LogP) is 4.98. The SMILES string of the molecule is Cc1c(Cl)c(=O)oc2c(C)c(OCC(=O)c3ccc(Cl)cc3)ccc12. The van der Waals surface area contributed by atoms with Gasteiger partial charge in [-0.15, -0.1) is 0 Å². The Morgan fingerprint density at radius 1 is 1.04 bits per heavy atom. The second kappa shape index (κ2) is 6.90. The van der Waals surface area contributed by atoms with Crippen molar-refractivity contribution in [3.8, 4) is 5.75 Å². The Kier molecular flexibility index (Phi) is 4.84. The highest BCUT2D eigenvalue weighted by molar-refractivity contribution is 6.32. The summed E-state index contributed by atoms with van der Waals surface area (Å²) in [5.74, 6) is 0.296. The van der Waals surface area contributed by atoms with Gasteiger partial charge in [-0.05, 0) is 55.8 Å². The molecule has 4 nitrogen and oxygen atoms in total. The molecule has 0 aliphatic rings. The summed E-state index contributed by atoms with van der Waals surface area (Å²) in [6.45, 7) is 3.39. The van der Waals surface area contributed by atoms with Gasteiger partial charge in [-0.2, -0.15) is 0 Å². The number of carbonyl (C=O) groups excluding carboxylic acids is 1. The first-order valence-electron chi connectivity index (χ1n) is 7.52. The molecule has 0 aliphatic carbocycles. The number of Topliss-reactive ketones (excluding diaryl/α,β-unsaturated/α-hetero) is 1. The number of carbonyl (C=O) groups is 1. The van der Waals surface area contributed by atoms with Crippen molar-refractivity contribution >= 4 is 40.0 Å². The highest BCUT2D eigenvalue weighted by atomic mass is 35.5. The maximum atomic E-state index is 12.2. The van der Waals surface area contributed by atoms with Crippen molar-refractivity contribution in [1.29, 1.82) is 0 Å². The third kappa shape index (κ3) is 3.41. The van der Waals surface area contributed by atoms with Crippen molar-refractivity contribution in [2.45, 2.75) is 13.8 Å². The number of hydrogen-bond acceptors (Lipinski definition) is 4. The van der Waals surface area contributed by atoms with Gasteiger partial charge in [0.1, 0.15) is 16.4 Å². The second-order valence-corrected chi connectivity index (χ2v) is 6.43. The van der Waals surface area contributed by atoms with Gasteiger partial charge in [-0.1, -0.05) is 23.2 Å². The van der Waals surface area contributed by atoms with Crippen LogP contribution in [0.2, 0.25) is 10.0 Å². The first kappa shape index (κ1) is 17.5. The molecule has 3 aromatic rings. The lowest BCUT2D eigenvalue weighted by Crippen LogP contribution is -2.12. The number of ketones is 1. The second-order valence-electron chi connectivity index (χ2n) is 5.61. The van der Waals surface area contributed by atoms with Crippen molar-refractivity contribution in [1.82, 2.24) is 0 Å². The highest BCUT2D eigenvalue weighted by Gasteiger charge is 2.15. The summed E-state index contributed by atoms with van der Waals surface area (Å²) in [5, 5.41) is 1.36. The number of rotatable bonds is 4. The summed E-state index contributed by atoms with van der Waals surface area (Å²) in [4.78, 5) is 24.0. The third-order valence-electron chi connectivity index (χ3n) is 3.99. The number of ether oxygens (including phenoxy) is 1. The lowest BCUT2D eigenvalue weighted by atomic mass is 10.1. The summed E-state index contributed by atoms with van der Waals surface area (Å²) < 4.78 is 10.9. The molecule has 0 aliphatic heterocycles. The van der Waals surface area contributed by atoms with Gasteiger partial charge in [0, 0.05) is 21.5 Å². The third-order valence-corrected chi connectivity index (χ3v) is 4.68. The van der Waals surface area contributed by atoms with Crippen molar-refractivity contribution in [2.24, 2.45) is 0 Å². The van der Waals surface area contributed by atoms with E-state index < -0.39 is 5.63 Å². The largest absolute Gasteiger partial charge is 0.485 e. The van der Waals surface area contributed by atoms with E-state index in [1.54, 1.807) is 50.2 Å². The molecule has 0 saturated heterocycles. The van der Waals surface area contributed by atoms with Crippen LogP contribution in [-0.4, -0.2) is 12.4 Å². The van der Waals surface area contributed by atoms with E-state index in [4.69, 9.17) is 32.4 Å². The molecular formula is C19H14Cl2O4. The van der Waals surface area contributed by atoms with Crippen LogP contribution in [0.5, 0.6) is 5.75 Å². The van der Waals surface area contributed by atoms with Crippen molar-refractivity contribution in [3.63, 3.8) is 0 Å². The van der Waals surface area contributed by atoms with Crippen LogP contribution in [0.15, 0.2) is 45.6 Å². The van der Waals surface area contributed by atoms with Crippen molar-refractivity contribution < 1.29 is 13.9 Å². The van der Waals surface area contributed by atoms with Crippen LogP contribution in [-0.2, 0) is 0 Å². The number of fused-ring (bicyclic) bond motifs is 1. The molecule has 0 saturated carbocycles. The molecule has 2 aromatic carbocycles. The molecule has 0 bridgehead atoms. The maximum absolute atomic E-state index is 12.2. The molecule has 25 heavy (non-hydrogen) atoms. The normalized spacial score (nSPS) is 10.9. The average molecular weight is 377 g/mol. The van der Waals surface area contributed by atoms with E-state index in [9.17, 15) is 9.59 Å². The monoisotopic (exact) mass is 376 g/mol. The lowest BCUT2D eigenvalue weighted by molar-refractivity contribution is 0.0921. The molecule has 0 amide bonds. The Hall–Kier alpha value is -2.30. The Morgan fingerprint density at radius 3 is 2.40 bits per heavy atom. The van der Waals surface area contributed by atoms with E-state index >= 15 is 0 Å². The van der Waals surface area contributed by atoms with Gasteiger partial charge in [-0.25, -0.2) is 4.79 Å². The zero-order chi connectivity index (χ0) is 18.1. The van der Waals surface area contributed by atoms with E-state index in [1.807, 2.05) is 0 Å². The van der Waals surface area contributed by atoms with Crippen LogP contribution in [0.25, 0.3) is 11.0 Å². The smallest absolute Gasteiger partial charge is 0.355 e. The first-order valence-corrected chi connectivity index (χ1v) is 8.28. The molecule has 0 radical (unpaired) electrons. The van der Waals surface area contributed by atoms with Crippen molar-refractivity contribution in [3.05, 3.63) is 73.6 Å². The fraction of sp³-hybridized carbons (Fsp3) is 0.158. The van der Waals surface area contributed by atoms with Gasteiger partial charge >= 0.3 is 5.63 Å². The number of benzene rings is 2. The quantitative estimate of drug-likeness (QED) is 0.475. The molecule has 0 atom stereocenters. The molecule has 128 valence electrons. The predicted molar refractivity (Wildman–Crippen MR) is 98.2 cm³/mol. The van der Waals surface area contributed by atoms with E-state index in [0.717, 1.165) is 5.39 Å². The summed E-state index contributed by atoms with van der Waals surface area (Å²) >= 11 is 11.8. The van der Waals surface area contributed by atoms with E-state index in [1.165, 1.54) is 0 Å². The van der Waals surface area contributed by atoms with Gasteiger partial charge in [-0.3, -0.25) is 4.79 Å². The molecule has 0 fully saturated rings. The number of aryl methyl sites for hydroxylation is 2. The Morgan fingerprint density at radius 2 is 1.72 bits per heavy atom. The molecule has 1 heterocycles. The van der Waals surface area contributed by atoms with Crippen LogP contribution in [0, 0.1) is 13.8 Å². The topological polar surface area (TPSA) is 56.5 Å². The van der Waals surface area contributed by atoms with Gasteiger partial charge < -0.3 is 9.15 Å². The van der Waals surface area contributed by atoms with Gasteiger partial charge in [0.15, 0.2) is 12.4 Å². The minimum Gasteiger partial charge on any atom is -0.485 e. The standard InChI is InChI=1S/C19H14Cl2O4/c1-10-14-7-8-16(11(2)18(14)25-19(23)17(10)21)24-9-15(22)12-3-5-13(20)6-4-12/h3-8H,9H2,1-2H3. The summed E-state index contributed by atoms with van der Waals surface area (Å²) in [6, 6.07) is 10.1. The molecule has 6 heteroatoms. The molecule has 0 spiro atoms. The van der Waals surface area contributed by atoms with Crippen LogP contribution >= 0.6 is 23.2 Å². The van der Waals surface area contributed by atoms with E-state index in [0.29, 0.717) is 33.0 Å². The van der Waals surface area contributed by atoms with Crippen molar-refractivity contribution in [2.75, 3.05) is 6.61 Å². The van der Waals surface area contributed by atoms with Gasteiger partial charge in [0.2, 0.25) is 0 Å². The van der Waals surface area contributed by atoms with E-state index in [2.05, 4.69) is 0 Å². The Balaban J connectivity index is 1.88. The summed E-state index contributed by atoms with van der Waals surface area (Å²) in [7, 11) is 0. The molecule has 0 N–H and O–H groups in total. The maximum Gasteiger partial charge on any atom is 0.355 e. The first-order chi connectivity index (χ1) is 11.9. The Labute approximate surface area is 153 Å². The zero-order valence-electron chi connectivity index (χ0n) is 13.6. The van der Waals surface area contributed by atoms with Crippen LogP contribution < -0.4 is 10.4 Å². The molecular weight excluding hydrogens is 363 g/mol. The fourth-order valence-electron chi connectivity index (χ4n) is 2.53. The zero-order valence-corrected chi connectivity index (χ0v) is 15.1. The summed E-state index contributed by atoms with van der Waals surface area (Å²) in [6.07, 6.45) is 0. The minimum atomic E-state index is -0.593. The lowest BCUT2D eigenvalue weighted by Gasteiger charge is -2.11. The Bertz CT molecular complexity index is 1020. The number of halogens is 2. The number of hydrogen-bond donors (Lipinski definition) is 0. The average Bonchev–Trinajstić information content (AvgIpc) is 2.60. The fourth-order valence-corrected chi connectivity index (χ4v) is 2.79. The molecule has 0 unspecified atom stereocenters. The van der Waals surface area contributed by atoms with Crippen LogP contribution in [0.1, 0.15) is 21.5 Å². The minimum absolute atomic E-state index is 0.0680. The van der Waals surface area contributed by atoms with E-state index in [-0.39, 0.29) is 17.4 Å². The van der Waals surface area contributed by atoms with Crippen LogP contribution in [0.4, 0.5) is 0 Å². The summed E-state index contributed by atoms with van der Waals surface area (Å²) in [5.41, 5.74) is 1.61. The highest BCUT2D eigenvalue weighted by Crippen LogP contribution is 2.30. The molecule has 1 aromatic heterocycles. The van der Waals surface area contributed by atoms with Crippen LogP contribution in [0.3, 0.4) is 0 Å². The van der Waals surface area contributed by atoms with Gasteiger partial charge in [0.25, 0.3) is 0 Å².